The maximum Gasteiger partial charge on any atom is 0.123 e. The van der Waals surface area contributed by atoms with Gasteiger partial charge in [0.15, 0.2) is 0 Å². The van der Waals surface area contributed by atoms with Crippen LogP contribution in [0.1, 0.15) is 18.5 Å². The molecule has 1 saturated heterocycles. The van der Waals surface area contributed by atoms with Gasteiger partial charge in [-0.2, -0.15) is 0 Å². The lowest BCUT2D eigenvalue weighted by atomic mass is 10.0. The van der Waals surface area contributed by atoms with Crippen molar-refractivity contribution in [1.82, 2.24) is 9.80 Å². The van der Waals surface area contributed by atoms with Gasteiger partial charge >= 0.3 is 0 Å². The van der Waals surface area contributed by atoms with Gasteiger partial charge in [-0.15, -0.1) is 0 Å². The van der Waals surface area contributed by atoms with Gasteiger partial charge < -0.3 is 5.11 Å². The Morgan fingerprint density at radius 2 is 1.46 bits per heavy atom. The number of rotatable bonds is 5. The zero-order chi connectivity index (χ0) is 16.9. The standard InChI is InChI=1S/C20H25FN2O/c1-16(23-12-10-22(11-13-23)14-15-24)17-2-4-18(5-3-17)19-6-8-20(21)9-7-19/h2-9,16,24H,10-15H2,1H3. The van der Waals surface area contributed by atoms with E-state index >= 15 is 0 Å². The molecule has 24 heavy (non-hydrogen) atoms. The molecule has 1 fully saturated rings. The Balaban J connectivity index is 1.64. The van der Waals surface area contributed by atoms with Crippen LogP contribution in [0.3, 0.4) is 0 Å². The first-order chi connectivity index (χ1) is 11.7. The lowest BCUT2D eigenvalue weighted by molar-refractivity contribution is 0.0888. The van der Waals surface area contributed by atoms with Crippen LogP contribution in [-0.4, -0.2) is 54.2 Å². The Morgan fingerprint density at radius 1 is 0.917 bits per heavy atom. The summed E-state index contributed by atoms with van der Waals surface area (Å²) in [5, 5.41) is 9.03. The highest BCUT2D eigenvalue weighted by atomic mass is 19.1. The predicted molar refractivity (Wildman–Crippen MR) is 95.3 cm³/mol. The average molecular weight is 328 g/mol. The van der Waals surface area contributed by atoms with Gasteiger partial charge in [-0.1, -0.05) is 36.4 Å². The van der Waals surface area contributed by atoms with Crippen LogP contribution in [-0.2, 0) is 0 Å². The number of aliphatic hydroxyl groups is 1. The Bertz CT molecular complexity index is 634. The largest absolute Gasteiger partial charge is 0.395 e. The van der Waals surface area contributed by atoms with Crippen LogP contribution < -0.4 is 0 Å². The molecule has 2 aromatic carbocycles. The van der Waals surface area contributed by atoms with E-state index in [4.69, 9.17) is 5.11 Å². The summed E-state index contributed by atoms with van der Waals surface area (Å²) in [6.45, 7) is 7.34. The van der Waals surface area contributed by atoms with Crippen LogP contribution in [0.25, 0.3) is 11.1 Å². The van der Waals surface area contributed by atoms with Crippen molar-refractivity contribution in [1.29, 1.82) is 0 Å². The van der Waals surface area contributed by atoms with Gasteiger partial charge in [0.05, 0.1) is 6.61 Å². The molecule has 0 saturated carbocycles. The molecule has 1 heterocycles. The van der Waals surface area contributed by atoms with Gasteiger partial charge in [-0.3, -0.25) is 9.80 Å². The Labute approximate surface area is 143 Å². The van der Waals surface area contributed by atoms with Crippen molar-refractivity contribution in [2.75, 3.05) is 39.3 Å². The molecular formula is C20H25FN2O. The fourth-order valence-electron chi connectivity index (χ4n) is 3.32. The van der Waals surface area contributed by atoms with E-state index in [1.54, 1.807) is 0 Å². The predicted octanol–water partition coefficient (Wildman–Crippen LogP) is 3.16. The molecule has 0 spiro atoms. The van der Waals surface area contributed by atoms with Gasteiger partial charge in [0.2, 0.25) is 0 Å². The van der Waals surface area contributed by atoms with Crippen LogP contribution in [0.5, 0.6) is 0 Å². The van der Waals surface area contributed by atoms with E-state index in [1.807, 2.05) is 12.1 Å². The van der Waals surface area contributed by atoms with E-state index in [9.17, 15) is 4.39 Å². The smallest absolute Gasteiger partial charge is 0.123 e. The first kappa shape index (κ1) is 17.1. The lowest BCUT2D eigenvalue weighted by Gasteiger charge is -2.38. The van der Waals surface area contributed by atoms with Crippen molar-refractivity contribution in [3.63, 3.8) is 0 Å². The summed E-state index contributed by atoms with van der Waals surface area (Å²) < 4.78 is 13.0. The van der Waals surface area contributed by atoms with Crippen LogP contribution in [0.4, 0.5) is 4.39 Å². The zero-order valence-corrected chi connectivity index (χ0v) is 14.2. The minimum Gasteiger partial charge on any atom is -0.395 e. The first-order valence-corrected chi connectivity index (χ1v) is 8.60. The maximum absolute atomic E-state index is 13.0. The quantitative estimate of drug-likeness (QED) is 0.913. The van der Waals surface area contributed by atoms with Gasteiger partial charge in [0.25, 0.3) is 0 Å². The molecule has 0 amide bonds. The fraction of sp³-hybridized carbons (Fsp3) is 0.400. The SMILES string of the molecule is CC(c1ccc(-c2ccc(F)cc2)cc1)N1CCN(CCO)CC1. The second-order valence-electron chi connectivity index (χ2n) is 6.41. The molecule has 128 valence electrons. The second kappa shape index (κ2) is 7.88. The minimum absolute atomic E-state index is 0.204. The molecule has 0 radical (unpaired) electrons. The Morgan fingerprint density at radius 3 is 2.00 bits per heavy atom. The Hall–Kier alpha value is -1.75. The van der Waals surface area contributed by atoms with Gasteiger partial charge in [0, 0.05) is 38.8 Å². The zero-order valence-electron chi connectivity index (χ0n) is 14.2. The van der Waals surface area contributed by atoms with Gasteiger partial charge in [-0.25, -0.2) is 4.39 Å². The number of hydrogen-bond donors (Lipinski definition) is 1. The molecule has 1 unspecified atom stereocenters. The maximum atomic E-state index is 13.0. The van der Waals surface area contributed by atoms with E-state index < -0.39 is 0 Å². The molecule has 2 aromatic rings. The molecule has 0 bridgehead atoms. The highest BCUT2D eigenvalue weighted by molar-refractivity contribution is 5.63. The monoisotopic (exact) mass is 328 g/mol. The van der Waals surface area contributed by atoms with Crippen molar-refractivity contribution in [3.8, 4) is 11.1 Å². The third kappa shape index (κ3) is 4.01. The summed E-state index contributed by atoms with van der Waals surface area (Å²) in [7, 11) is 0. The molecule has 1 aliphatic rings. The summed E-state index contributed by atoms with van der Waals surface area (Å²) >= 11 is 0. The number of aliphatic hydroxyl groups excluding tert-OH is 1. The highest BCUT2D eigenvalue weighted by Gasteiger charge is 2.21. The molecule has 1 aliphatic heterocycles. The summed E-state index contributed by atoms with van der Waals surface area (Å²) in [5.41, 5.74) is 3.45. The van der Waals surface area contributed by atoms with Crippen molar-refractivity contribution in [2.24, 2.45) is 0 Å². The number of halogens is 1. The van der Waals surface area contributed by atoms with Crippen molar-refractivity contribution in [3.05, 3.63) is 59.9 Å². The second-order valence-corrected chi connectivity index (χ2v) is 6.41. The molecule has 3 nitrogen and oxygen atoms in total. The molecule has 1 atom stereocenters. The van der Waals surface area contributed by atoms with Gasteiger partial charge in [-0.05, 0) is 35.7 Å². The first-order valence-electron chi connectivity index (χ1n) is 8.60. The average Bonchev–Trinajstić information content (AvgIpc) is 2.63. The summed E-state index contributed by atoms with van der Waals surface area (Å²) in [6.07, 6.45) is 0. The van der Waals surface area contributed by atoms with Gasteiger partial charge in [0.1, 0.15) is 5.82 Å². The number of piperazine rings is 1. The lowest BCUT2D eigenvalue weighted by Crippen LogP contribution is -2.47. The van der Waals surface area contributed by atoms with Crippen LogP contribution >= 0.6 is 0 Å². The van der Waals surface area contributed by atoms with Crippen LogP contribution in [0, 0.1) is 5.82 Å². The number of β-amino-alcohol motifs (C(OH)–C–C–N with tert-alkyl or cyclic N) is 1. The number of nitrogens with zero attached hydrogens (tertiary/aromatic N) is 2. The highest BCUT2D eigenvalue weighted by Crippen LogP contribution is 2.25. The Kier molecular flexibility index (Phi) is 5.61. The van der Waals surface area contributed by atoms with E-state index in [-0.39, 0.29) is 12.4 Å². The van der Waals surface area contributed by atoms with Crippen LogP contribution in [0.15, 0.2) is 48.5 Å². The fourth-order valence-corrected chi connectivity index (χ4v) is 3.32. The summed E-state index contributed by atoms with van der Waals surface area (Å²) in [4.78, 5) is 4.79. The minimum atomic E-state index is -0.204. The third-order valence-electron chi connectivity index (χ3n) is 4.94. The van der Waals surface area contributed by atoms with E-state index in [1.165, 1.54) is 17.7 Å². The molecule has 1 N–H and O–H groups in total. The molecule has 0 aromatic heterocycles. The van der Waals surface area contributed by atoms with E-state index in [2.05, 4.69) is 41.0 Å². The van der Waals surface area contributed by atoms with E-state index in [0.29, 0.717) is 6.04 Å². The molecule has 0 aliphatic carbocycles. The normalized spacial score (nSPS) is 17.8. The number of hydrogen-bond acceptors (Lipinski definition) is 3. The van der Waals surface area contributed by atoms with Crippen molar-refractivity contribution >= 4 is 0 Å². The molecule has 4 heteroatoms. The topological polar surface area (TPSA) is 26.7 Å². The van der Waals surface area contributed by atoms with Crippen molar-refractivity contribution < 1.29 is 9.50 Å². The third-order valence-corrected chi connectivity index (χ3v) is 4.94. The molecule has 3 rings (SSSR count). The summed E-state index contributed by atoms with van der Waals surface area (Å²) in [5.74, 6) is -0.204. The van der Waals surface area contributed by atoms with Crippen LogP contribution in [0.2, 0.25) is 0 Å². The summed E-state index contributed by atoms with van der Waals surface area (Å²) in [6, 6.07) is 15.6. The van der Waals surface area contributed by atoms with Crippen molar-refractivity contribution in [2.45, 2.75) is 13.0 Å². The van der Waals surface area contributed by atoms with E-state index in [0.717, 1.165) is 43.9 Å². The number of benzene rings is 2. The molecular weight excluding hydrogens is 303 g/mol.